The van der Waals surface area contributed by atoms with Crippen LogP contribution in [0.5, 0.6) is 0 Å². The molecule has 1 aliphatic heterocycles. The predicted molar refractivity (Wildman–Crippen MR) is 144 cm³/mol. The van der Waals surface area contributed by atoms with Crippen LogP contribution >= 0.6 is 24.0 Å². The van der Waals surface area contributed by atoms with Gasteiger partial charge in [-0.15, -0.1) is 24.0 Å². The van der Waals surface area contributed by atoms with E-state index in [1.165, 1.54) is 11.1 Å². The summed E-state index contributed by atoms with van der Waals surface area (Å²) in [6.07, 6.45) is -0.405. The minimum absolute atomic E-state index is 0. The van der Waals surface area contributed by atoms with Crippen LogP contribution in [0.3, 0.4) is 0 Å². The molecule has 1 fully saturated rings. The zero-order valence-electron chi connectivity index (χ0n) is 20.9. The highest BCUT2D eigenvalue weighted by Gasteiger charge is 2.21. The maximum atomic E-state index is 12.2. The number of alkyl carbamates (subject to hydrolysis) is 1. The molecule has 0 spiro atoms. The van der Waals surface area contributed by atoms with Crippen molar-refractivity contribution in [2.24, 2.45) is 10.9 Å². The molecular weight excluding hydrogens is 533 g/mol. The summed E-state index contributed by atoms with van der Waals surface area (Å²) in [5, 5.41) is 9.69. The first-order valence-corrected chi connectivity index (χ1v) is 11.5. The molecule has 1 saturated heterocycles. The number of carbonyl (C=O) groups is 1. The van der Waals surface area contributed by atoms with Gasteiger partial charge in [0.2, 0.25) is 0 Å². The fourth-order valence-corrected chi connectivity index (χ4v) is 3.40. The normalized spacial score (nSPS) is 16.0. The molecule has 0 radical (unpaired) electrons. The van der Waals surface area contributed by atoms with Crippen LogP contribution in [0.1, 0.15) is 45.7 Å². The second-order valence-electron chi connectivity index (χ2n) is 9.46. The second-order valence-corrected chi connectivity index (χ2v) is 9.46. The van der Waals surface area contributed by atoms with Crippen LogP contribution < -0.4 is 16.0 Å². The van der Waals surface area contributed by atoms with E-state index >= 15 is 0 Å². The Bertz CT molecular complexity index is 746. The highest BCUT2D eigenvalue weighted by molar-refractivity contribution is 14.0. The molecule has 1 atom stereocenters. The summed E-state index contributed by atoms with van der Waals surface area (Å²) in [6, 6.07) is 8.40. The molecule has 8 nitrogen and oxygen atoms in total. The number of rotatable bonds is 8. The maximum absolute atomic E-state index is 12.2. The molecule has 3 N–H and O–H groups in total. The van der Waals surface area contributed by atoms with Crippen LogP contribution in [0.15, 0.2) is 29.3 Å². The van der Waals surface area contributed by atoms with Crippen molar-refractivity contribution in [3.8, 4) is 0 Å². The molecule has 0 saturated carbocycles. The number of ether oxygens (including phenoxy) is 2. The number of hydrogen-bond acceptors (Lipinski definition) is 5. The summed E-state index contributed by atoms with van der Waals surface area (Å²) in [7, 11) is 1.75. The van der Waals surface area contributed by atoms with Gasteiger partial charge < -0.3 is 25.4 Å². The Morgan fingerprint density at radius 1 is 1.15 bits per heavy atom. The average Bonchev–Trinajstić information content (AvgIpc) is 2.73. The predicted octanol–water partition coefficient (Wildman–Crippen LogP) is 3.35. The van der Waals surface area contributed by atoms with E-state index in [1.54, 1.807) is 7.05 Å². The zero-order chi connectivity index (χ0) is 23.6. The molecule has 0 bridgehead atoms. The van der Waals surface area contributed by atoms with Gasteiger partial charge in [-0.1, -0.05) is 38.1 Å². The summed E-state index contributed by atoms with van der Waals surface area (Å²) < 4.78 is 10.9. The largest absolute Gasteiger partial charge is 0.444 e. The van der Waals surface area contributed by atoms with Gasteiger partial charge in [-0.25, -0.2) is 4.79 Å². The number of amides is 1. The maximum Gasteiger partial charge on any atom is 0.407 e. The standard InChI is InChI=1S/C24H41N5O3.HI/c1-18(2)21(28-23(30)32-24(3,4)5)16-27-22(25-6)26-15-19-9-7-8-10-20(19)17-29-11-13-31-14-12-29;/h7-10,18,21H,11-17H2,1-6H3,(H,28,30)(H2,25,26,27);1H. The van der Waals surface area contributed by atoms with Gasteiger partial charge in [-0.05, 0) is 37.8 Å². The lowest BCUT2D eigenvalue weighted by Crippen LogP contribution is -2.50. The molecule has 9 heteroatoms. The number of carbonyl (C=O) groups excluding carboxylic acids is 1. The van der Waals surface area contributed by atoms with Crippen LogP contribution in [-0.4, -0.2) is 68.5 Å². The van der Waals surface area contributed by atoms with Crippen LogP contribution in [-0.2, 0) is 22.6 Å². The van der Waals surface area contributed by atoms with Crippen molar-refractivity contribution in [3.05, 3.63) is 35.4 Å². The highest BCUT2D eigenvalue weighted by Crippen LogP contribution is 2.13. The van der Waals surface area contributed by atoms with E-state index in [9.17, 15) is 4.79 Å². The molecule has 1 heterocycles. The molecule has 1 aromatic rings. The number of guanidine groups is 1. The first kappa shape index (κ1) is 29.4. The Hall–Kier alpha value is -1.59. The lowest BCUT2D eigenvalue weighted by molar-refractivity contribution is 0.0340. The molecular formula is C24H42IN5O3. The van der Waals surface area contributed by atoms with E-state index < -0.39 is 11.7 Å². The van der Waals surface area contributed by atoms with Gasteiger partial charge in [-0.3, -0.25) is 9.89 Å². The summed E-state index contributed by atoms with van der Waals surface area (Å²) in [6.45, 7) is 15.4. The Kier molecular flexibility index (Phi) is 13.0. The number of benzene rings is 1. The third kappa shape index (κ3) is 11.4. The van der Waals surface area contributed by atoms with E-state index in [4.69, 9.17) is 9.47 Å². The van der Waals surface area contributed by atoms with Gasteiger partial charge in [0.1, 0.15) is 5.60 Å². The molecule has 33 heavy (non-hydrogen) atoms. The van der Waals surface area contributed by atoms with Gasteiger partial charge in [0.05, 0.1) is 19.3 Å². The summed E-state index contributed by atoms with van der Waals surface area (Å²) in [4.78, 5) is 18.9. The van der Waals surface area contributed by atoms with Gasteiger partial charge in [0.15, 0.2) is 5.96 Å². The van der Waals surface area contributed by atoms with Gasteiger partial charge in [-0.2, -0.15) is 0 Å². The molecule has 2 rings (SSSR count). The Balaban J connectivity index is 0.00000544. The third-order valence-corrected chi connectivity index (χ3v) is 5.28. The fraction of sp³-hybridized carbons (Fsp3) is 0.667. The number of morpholine rings is 1. The molecule has 1 aliphatic rings. The lowest BCUT2D eigenvalue weighted by Gasteiger charge is -2.28. The monoisotopic (exact) mass is 575 g/mol. The van der Waals surface area contributed by atoms with Crippen LogP contribution in [0.4, 0.5) is 4.79 Å². The van der Waals surface area contributed by atoms with Crippen LogP contribution in [0, 0.1) is 5.92 Å². The molecule has 1 unspecified atom stereocenters. The van der Waals surface area contributed by atoms with Crippen LogP contribution in [0.25, 0.3) is 0 Å². The highest BCUT2D eigenvalue weighted by atomic mass is 127. The van der Waals surface area contributed by atoms with Gasteiger partial charge >= 0.3 is 6.09 Å². The number of nitrogens with zero attached hydrogens (tertiary/aromatic N) is 2. The van der Waals surface area contributed by atoms with Crippen LogP contribution in [0.2, 0.25) is 0 Å². The van der Waals surface area contributed by atoms with Crippen molar-refractivity contribution in [2.75, 3.05) is 39.9 Å². The van der Waals surface area contributed by atoms with Crippen molar-refractivity contribution in [3.63, 3.8) is 0 Å². The summed E-state index contributed by atoms with van der Waals surface area (Å²) in [5.74, 6) is 0.935. The van der Waals surface area contributed by atoms with E-state index in [0.717, 1.165) is 32.8 Å². The first-order valence-electron chi connectivity index (χ1n) is 11.5. The summed E-state index contributed by atoms with van der Waals surface area (Å²) in [5.41, 5.74) is 2.03. The van der Waals surface area contributed by atoms with Crippen molar-refractivity contribution < 1.29 is 14.3 Å². The van der Waals surface area contributed by atoms with Crippen molar-refractivity contribution in [1.82, 2.24) is 20.9 Å². The molecule has 1 amide bonds. The Morgan fingerprint density at radius 3 is 2.36 bits per heavy atom. The molecule has 0 aromatic heterocycles. The minimum atomic E-state index is -0.523. The van der Waals surface area contributed by atoms with E-state index in [0.29, 0.717) is 19.0 Å². The van der Waals surface area contributed by atoms with Gasteiger partial charge in [0, 0.05) is 39.8 Å². The second kappa shape index (κ2) is 14.6. The third-order valence-electron chi connectivity index (χ3n) is 5.28. The fourth-order valence-electron chi connectivity index (χ4n) is 3.40. The van der Waals surface area contributed by atoms with E-state index in [-0.39, 0.29) is 35.9 Å². The van der Waals surface area contributed by atoms with Gasteiger partial charge in [0.25, 0.3) is 0 Å². The average molecular weight is 576 g/mol. The molecule has 188 valence electrons. The van der Waals surface area contributed by atoms with Crippen molar-refractivity contribution in [2.45, 2.75) is 59.4 Å². The topological polar surface area (TPSA) is 87.2 Å². The number of nitrogens with one attached hydrogen (secondary N) is 3. The summed E-state index contributed by atoms with van der Waals surface area (Å²) >= 11 is 0. The van der Waals surface area contributed by atoms with E-state index in [1.807, 2.05) is 20.8 Å². The number of halogens is 1. The number of hydrogen-bond donors (Lipinski definition) is 3. The molecule has 0 aliphatic carbocycles. The SMILES string of the molecule is CN=C(NCc1ccccc1CN1CCOCC1)NCC(NC(=O)OC(C)(C)C)C(C)C.I. The Morgan fingerprint density at radius 2 is 1.79 bits per heavy atom. The van der Waals surface area contributed by atoms with Crippen molar-refractivity contribution >= 4 is 36.0 Å². The quantitative estimate of drug-likeness (QED) is 0.251. The van der Waals surface area contributed by atoms with Crippen molar-refractivity contribution in [1.29, 1.82) is 0 Å². The Labute approximate surface area is 216 Å². The zero-order valence-corrected chi connectivity index (χ0v) is 23.3. The van der Waals surface area contributed by atoms with E-state index in [2.05, 4.69) is 64.0 Å². The molecule has 1 aromatic carbocycles. The number of aliphatic imine (C=N–C) groups is 1. The smallest absolute Gasteiger partial charge is 0.407 e. The lowest BCUT2D eigenvalue weighted by atomic mass is 10.0. The first-order chi connectivity index (χ1) is 15.2. The minimum Gasteiger partial charge on any atom is -0.444 e.